The van der Waals surface area contributed by atoms with Crippen LogP contribution in [0.2, 0.25) is 0 Å². The average Bonchev–Trinajstić information content (AvgIpc) is 0.883. The molecule has 59 heteroatoms. The molecule has 0 N–H and O–H groups in total. The second-order valence-corrected chi connectivity index (χ2v) is 102. The van der Waals surface area contributed by atoms with Crippen LogP contribution in [-0.4, -0.2) is 224 Å². The Kier molecular flexibility index (Phi) is 78.8. The lowest BCUT2D eigenvalue weighted by Crippen LogP contribution is -2.18. The molecule has 0 spiro atoms. The minimum Gasteiger partial charge on any atom is -0.469 e. The van der Waals surface area contributed by atoms with Crippen molar-refractivity contribution in [2.24, 2.45) is 0 Å². The Balaban J connectivity index is 0. The summed E-state index contributed by atoms with van der Waals surface area (Å²) in [5, 5.41) is 0. The van der Waals surface area contributed by atoms with Crippen LogP contribution in [-0.2, 0) is 248 Å². The number of carbonyl (C=O) groups is 2. The van der Waals surface area contributed by atoms with Gasteiger partial charge < -0.3 is 109 Å². The molecule has 0 fully saturated rings. The Bertz CT molecular complexity index is 3460. The molecule has 0 radical (unpaired) electrons. The highest BCUT2D eigenvalue weighted by Crippen LogP contribution is 2.74. The van der Waals surface area contributed by atoms with Crippen LogP contribution >= 0.6 is 188 Å². The molecule has 26 nitrogen and oxygen atoms in total. The summed E-state index contributed by atoms with van der Waals surface area (Å²) >= 11 is 82.0. The van der Waals surface area contributed by atoms with E-state index >= 15 is 0 Å². The molecular formula is C74H159O26P11S22. The molecule has 0 rings (SSSR count). The molecule has 133 heavy (non-hydrogen) atoms. The van der Waals surface area contributed by atoms with Gasteiger partial charge in [-0.25, -0.2) is 0 Å². The summed E-state index contributed by atoms with van der Waals surface area (Å²) in [6.45, 7) is 67.7. The minimum absolute atomic E-state index is 0.0797. The Morgan fingerprint density at radius 1 is 0.173 bits per heavy atom. The van der Waals surface area contributed by atoms with Gasteiger partial charge in [-0.2, -0.15) is 0 Å². The summed E-state index contributed by atoms with van der Waals surface area (Å²) in [4.78, 5) is 24.1. The molecule has 0 aromatic carbocycles. The van der Waals surface area contributed by atoms with E-state index in [2.05, 4.69) is 0 Å². The van der Waals surface area contributed by atoms with Crippen LogP contribution < -0.4 is 0 Å². The zero-order valence-corrected chi connectivity index (χ0v) is 112. The highest BCUT2D eigenvalue weighted by molar-refractivity contribution is 8.72. The lowest BCUT2D eigenvalue weighted by molar-refractivity contribution is -0.140. The van der Waals surface area contributed by atoms with Gasteiger partial charge in [0.05, 0.1) is 161 Å². The van der Waals surface area contributed by atoms with Gasteiger partial charge in [0.15, 0.2) is 0 Å². The summed E-state index contributed by atoms with van der Waals surface area (Å²) in [5.74, 6) is 3.84. The second-order valence-electron chi connectivity index (χ2n) is 33.1. The number of methoxy groups -OCH3 is 2. The number of rotatable bonds is 79. The molecule has 0 aliphatic carbocycles. The number of hydrogen-bond acceptors (Lipinski definition) is 48. The first kappa shape index (κ1) is 144. The Morgan fingerprint density at radius 3 is 0.361 bits per heavy atom. The van der Waals surface area contributed by atoms with Crippen LogP contribution in [0, 0.1) is 0 Å². The number of carbonyl (C=O) groups excluding carboxylic acids is 2. The number of ether oxygens (including phenoxy) is 2. The van der Waals surface area contributed by atoms with Crippen LogP contribution in [0.1, 0.15) is 255 Å². The van der Waals surface area contributed by atoms with Gasteiger partial charge in [-0.15, -0.1) is 0 Å². The van der Waals surface area contributed by atoms with Gasteiger partial charge in [-0.05, 0) is 372 Å². The molecule has 0 saturated carbocycles. The number of esters is 2. The van der Waals surface area contributed by atoms with E-state index in [1.165, 1.54) is 139 Å². The van der Waals surface area contributed by atoms with Gasteiger partial charge in [0, 0.05) is 63.3 Å². The zero-order chi connectivity index (χ0) is 103. The maximum absolute atomic E-state index is 12.4. The smallest absolute Gasteiger partial charge is 0.306 e. The first-order chi connectivity index (χ1) is 60.7. The Morgan fingerprint density at radius 2 is 0.263 bits per heavy atom. The van der Waals surface area contributed by atoms with Gasteiger partial charge in [0.1, 0.15) is 0 Å². The van der Waals surface area contributed by atoms with Crippen molar-refractivity contribution < 1.29 is 119 Å². The Hall–Kier alpha value is 9.06. The molecule has 0 heterocycles. The monoisotopic (exact) mass is 2510 g/mol. The summed E-state index contributed by atoms with van der Waals surface area (Å²) in [5.41, 5.74) is -31.5. The normalized spacial score (nSPS) is 17.6. The fourth-order valence-corrected chi connectivity index (χ4v) is 72.4. The molecule has 0 bridgehead atoms. The van der Waals surface area contributed by atoms with E-state index in [-0.39, 0.29) is 128 Å². The maximum atomic E-state index is 12.4. The molecule has 10 unspecified atom stereocenters. The molecular weight excluding hydrogens is 2350 g/mol. The molecule has 0 amide bonds. The van der Waals surface area contributed by atoms with E-state index in [0.717, 1.165) is 0 Å². The number of hydrogen-bond donors (Lipinski definition) is 0. The van der Waals surface area contributed by atoms with Crippen LogP contribution in [0.4, 0.5) is 0 Å². The van der Waals surface area contributed by atoms with Gasteiger partial charge >= 0.3 is 11.9 Å². The molecule has 0 saturated heterocycles. The molecule has 10 atom stereocenters. The first-order valence-corrected chi connectivity index (χ1v) is 90.1. The van der Waals surface area contributed by atoms with Crippen molar-refractivity contribution in [1.82, 2.24) is 0 Å². The quantitative estimate of drug-likeness (QED) is 0.0405. The van der Waals surface area contributed by atoms with Crippen LogP contribution in [0.15, 0.2) is 0 Å². The van der Waals surface area contributed by atoms with Crippen LogP contribution in [0.3, 0.4) is 0 Å². The van der Waals surface area contributed by atoms with Crippen molar-refractivity contribution in [3.05, 3.63) is 0 Å². The van der Waals surface area contributed by atoms with Crippen molar-refractivity contribution in [3.63, 3.8) is 0 Å². The lowest BCUT2D eigenvalue weighted by Gasteiger charge is -2.33. The van der Waals surface area contributed by atoms with E-state index in [1.54, 1.807) is 0 Å². The zero-order valence-electron chi connectivity index (χ0n) is 84.4. The van der Waals surface area contributed by atoms with Gasteiger partial charge in [-0.3, -0.25) is 9.59 Å². The topological polar surface area (TPSA) is 256 Å². The molecule has 0 aliphatic rings. The summed E-state index contributed by atoms with van der Waals surface area (Å²) < 4.78 is 150. The SMILES string of the molecule is COC(=O)CCSP(=S)(OC(C)C)OC(C)CSP(=S)(OC(C)CSP(=S)(OC(C)C)OC(C)C)OC(C)CSP(=S)(OC(C)C)OC(C)C.COC(=O)CCSP(=S)(OC(C)CSP(=S)(OC(C)CSP(=S)(OC(C)C)OC(C)C)OC(C)CSP(=S)(OC(C)C)OC(C)C)OC(C)CSP(=S)(OC(C)CSP(=S)(OC(C)C)OC(C)C)OC(C)CSP(=S)(OC(C)C)OC(C)C. The van der Waals surface area contributed by atoms with E-state index in [1.807, 2.05) is 242 Å². The molecule has 0 aromatic heterocycles. The summed E-state index contributed by atoms with van der Waals surface area (Å²) in [6.07, 6.45) is -4.94. The van der Waals surface area contributed by atoms with Crippen molar-refractivity contribution in [2.45, 2.75) is 389 Å². The maximum Gasteiger partial charge on any atom is 0.306 e. The first-order valence-electron chi connectivity index (χ1n) is 43.6. The van der Waals surface area contributed by atoms with E-state index in [4.69, 9.17) is 239 Å². The van der Waals surface area contributed by atoms with Gasteiger partial charge in [0.2, 0.25) is 62.6 Å². The fraction of sp³-hybridized carbons (Fsp3) is 0.973. The Labute approximate surface area is 904 Å². The highest BCUT2D eigenvalue weighted by Gasteiger charge is 2.40. The van der Waals surface area contributed by atoms with E-state index in [9.17, 15) is 9.59 Å². The van der Waals surface area contributed by atoms with Crippen molar-refractivity contribution in [2.75, 3.05) is 77.5 Å². The minimum atomic E-state index is -3.23. The molecule has 0 aliphatic heterocycles. The lowest BCUT2D eigenvalue weighted by atomic mass is 10.5. The van der Waals surface area contributed by atoms with Crippen LogP contribution in [0.25, 0.3) is 0 Å². The largest absolute Gasteiger partial charge is 0.469 e. The van der Waals surface area contributed by atoms with E-state index < -0.39 is 99.3 Å². The fourth-order valence-electron chi connectivity index (χ4n) is 9.01. The van der Waals surface area contributed by atoms with Crippen molar-refractivity contribution >= 4 is 330 Å². The molecule has 0 aromatic rings. The van der Waals surface area contributed by atoms with Crippen molar-refractivity contribution in [3.8, 4) is 0 Å². The third-order valence-corrected chi connectivity index (χ3v) is 74.5. The third kappa shape index (κ3) is 74.7. The van der Waals surface area contributed by atoms with Gasteiger partial charge in [-0.1, -0.05) is 125 Å². The second kappa shape index (κ2) is 72.7. The van der Waals surface area contributed by atoms with E-state index in [0.29, 0.717) is 57.5 Å². The van der Waals surface area contributed by atoms with Crippen LogP contribution in [0.5, 0.6) is 0 Å². The average molecular weight is 2510 g/mol. The predicted octanol–water partition coefficient (Wildman–Crippen LogP) is 31.8. The van der Waals surface area contributed by atoms with Gasteiger partial charge in [0.25, 0.3) is 0 Å². The highest BCUT2D eigenvalue weighted by atomic mass is 33.0. The predicted molar refractivity (Wildman–Crippen MR) is 633 cm³/mol. The summed E-state index contributed by atoms with van der Waals surface area (Å²) in [7, 11) is 2.71. The van der Waals surface area contributed by atoms with Crippen molar-refractivity contribution in [1.29, 1.82) is 0 Å². The standard InChI is InChI=1S/C46H99O16P7S14.C28H60O10P4S8/c1-32(2)49-63(70,50-33(3)4)78-26-42(19)59-68(75,60-43(20)27-79-64(71,51-34(5)6)52-35(7)8)82-30-40(17)57-67(74,77-25-24-46(47)48-23)58-41(18)31-83-69(76,61-44(21)28-80-65(72,53-36(9)10)54-37(11)12)62-45(22)29-81-66(73,55-38(13)14)56-39(15)16;1-20(2)31-39(43,32-21(3)4)48-17-26(12)37-42(46,38-27(13)18-49-40(44,33-22(5)6)34-23(7)8)50-19-25(11)36-41(45,35-24(9)10)47-16-15-28(29)30-14/h32-45H,24-31H2,1-23H3;20-27H,15-19H2,1-14H3. The molecule has 798 valence electrons. The summed E-state index contributed by atoms with van der Waals surface area (Å²) in [6, 6.07) is 0. The third-order valence-electron chi connectivity index (χ3n) is 13.0.